The largest absolute Gasteiger partial charge is 0.492 e. The summed E-state index contributed by atoms with van der Waals surface area (Å²) in [6, 6.07) is 0.0457. The van der Waals surface area contributed by atoms with Crippen LogP contribution in [0.5, 0.6) is 11.5 Å². The molecule has 10 aliphatic carbocycles. The van der Waals surface area contributed by atoms with Crippen molar-refractivity contribution in [3.8, 4) is 11.5 Å². The number of aliphatic hydroxyl groups excluding tert-OH is 3. The molecule has 2 saturated heterocycles. The first-order valence-corrected chi connectivity index (χ1v) is 40.7. The van der Waals surface area contributed by atoms with Crippen molar-refractivity contribution in [2.45, 2.75) is 219 Å². The number of carbonyl (C=O) groups is 6. The summed E-state index contributed by atoms with van der Waals surface area (Å²) in [6.07, 6.45) is 12.0. The Morgan fingerprint density at radius 3 is 1.39 bits per heavy atom. The molecule has 0 radical (unpaired) electrons. The van der Waals surface area contributed by atoms with E-state index in [0.29, 0.717) is 123 Å². The number of anilines is 2. The second kappa shape index (κ2) is 29.2. The minimum absolute atomic E-state index is 0.00121. The van der Waals surface area contributed by atoms with E-state index in [2.05, 4.69) is 5.32 Å². The number of aromatic nitrogens is 2. The summed E-state index contributed by atoms with van der Waals surface area (Å²) in [5.74, 6) is -7.71. The van der Waals surface area contributed by atoms with E-state index in [1.165, 1.54) is 45.4 Å². The molecule has 115 heavy (non-hydrogen) atoms. The molecule has 0 spiro atoms. The average molecular weight is 1600 g/mol. The van der Waals surface area contributed by atoms with Crippen LogP contribution in [-0.2, 0) is 23.9 Å². The Morgan fingerprint density at radius 1 is 0.591 bits per heavy atom. The third-order valence-corrected chi connectivity index (χ3v) is 30.4. The lowest BCUT2D eigenvalue weighted by atomic mass is 9.44. The Kier molecular flexibility index (Phi) is 21.2. The number of benzene rings is 2. The number of hydrogen-bond acceptors (Lipinski definition) is 20. The molecule has 2 aromatic carbocycles. The number of rotatable bonds is 15. The Hall–Kier alpha value is -7.96. The number of nitrogens with zero attached hydrogens (tertiary/aromatic N) is 5. The lowest BCUT2D eigenvalue weighted by Crippen LogP contribution is -2.69. The van der Waals surface area contributed by atoms with Crippen LogP contribution in [0.25, 0.3) is 21.8 Å². The lowest BCUT2D eigenvalue weighted by molar-refractivity contribution is -0.220. The summed E-state index contributed by atoms with van der Waals surface area (Å²) in [6.45, 7) is 22.8. The normalized spacial score (nSPS) is 35.9. The van der Waals surface area contributed by atoms with Gasteiger partial charge in [-0.05, 0) is 180 Å². The first-order chi connectivity index (χ1) is 54.0. The molecule has 2 unspecified atom stereocenters. The number of hydrogen-bond donors (Lipinski definition) is 8. The minimum Gasteiger partial charge on any atom is -0.492 e. The van der Waals surface area contributed by atoms with Gasteiger partial charge >= 0.3 is 11.9 Å². The van der Waals surface area contributed by atoms with Gasteiger partial charge in [-0.3, -0.25) is 33.7 Å². The highest BCUT2D eigenvalue weighted by Gasteiger charge is 2.78. The Labute approximate surface area is 665 Å². The molecule has 4 aromatic rings. The summed E-state index contributed by atoms with van der Waals surface area (Å²) in [7, 11) is 2.89. The molecule has 8 saturated carbocycles. The van der Waals surface area contributed by atoms with Crippen molar-refractivity contribution < 1.29 is 96.3 Å². The van der Waals surface area contributed by atoms with Crippen molar-refractivity contribution in [1.82, 2.24) is 19.4 Å². The van der Waals surface area contributed by atoms with Crippen molar-refractivity contribution in [1.29, 1.82) is 0 Å². The predicted octanol–water partition coefficient (Wildman–Crippen LogP) is 9.69. The third kappa shape index (κ3) is 12.0. The third-order valence-electron chi connectivity index (χ3n) is 30.4. The van der Waals surface area contributed by atoms with Crippen molar-refractivity contribution in [3.63, 3.8) is 0 Å². The standard InChI is InChI=1S/C44H55F2N3O9.C22H29FO5.C21H26FN3O4/c1-22-16-30-29-11-8-26-17-28(50)12-13-41(26,5)43(29,46)31(51)18-42(30,6)44(22,56)32(52)20-58-21-48-15-14-47(19-23(48)2)37-35(45)24(3)33-36(39(37)57-7)49(27-9-10-27)25(4)34(38(33)53)40(54)55;1-12-8-16-15-5-4-13-9-14(25)6-7-19(13,2)21(15,23)17(26)10-20(16,3)22(12,28)18(27)11-24;1-10-9-24(8-7-23-10)18-16(22)11(2)14-17(20(18)29-4)25(13-5-6-13)12(3)15(19(14)26)21(27)28/h12-13,17,22-23,27,29-31,51,56H,8-11,14-16,18-21H2,1-7H3,(H,54,55);6-7,9,12,15-17,24,26,28H,4-5,8,10-11H2,1-3H3;10,13,23H,5-9H2,1-4H3,(H,27,28)/t22-,23?,29-,30-,31-,41-,42-,43-,44-;12-,15-,16-,17-,19-,20-,21-,22-;/m00./s1. The van der Waals surface area contributed by atoms with Gasteiger partial charge in [-0.2, -0.15) is 0 Å². The quantitative estimate of drug-likeness (QED) is 0.0513. The summed E-state index contributed by atoms with van der Waals surface area (Å²) >= 11 is 0. The number of nitrogens with one attached hydrogen (secondary N) is 1. The molecule has 4 heterocycles. The number of ether oxygens (including phenoxy) is 3. The van der Waals surface area contributed by atoms with E-state index in [0.717, 1.165) is 25.7 Å². The Bertz CT molecular complexity index is 5050. The molecule has 624 valence electrons. The van der Waals surface area contributed by atoms with Gasteiger partial charge in [0.2, 0.25) is 10.9 Å². The fourth-order valence-electron chi connectivity index (χ4n) is 24.1. The Morgan fingerprint density at radius 2 is 1.01 bits per heavy atom. The van der Waals surface area contributed by atoms with Crippen LogP contribution in [0.15, 0.2) is 57.2 Å². The maximum Gasteiger partial charge on any atom is 0.341 e. The number of methoxy groups -OCH3 is 2. The van der Waals surface area contributed by atoms with E-state index < -0.39 is 139 Å². The topological polar surface area (TPSA) is 337 Å². The lowest BCUT2D eigenvalue weighted by Gasteiger charge is -2.62. The van der Waals surface area contributed by atoms with Gasteiger partial charge in [0.15, 0.2) is 57.6 Å². The minimum atomic E-state index is -2.07. The second-order valence-electron chi connectivity index (χ2n) is 36.2. The van der Waals surface area contributed by atoms with Crippen LogP contribution in [-0.4, -0.2) is 205 Å². The van der Waals surface area contributed by atoms with Gasteiger partial charge in [-0.25, -0.2) is 27.2 Å². The number of carboxylic acids is 2. The number of carbonyl (C=O) groups excluding carboxylic acids is 4. The first kappa shape index (κ1) is 83.5. The molecule has 8 N–H and O–H groups in total. The van der Waals surface area contributed by atoms with Crippen molar-refractivity contribution in [2.24, 2.45) is 57.2 Å². The van der Waals surface area contributed by atoms with Gasteiger partial charge in [0.1, 0.15) is 46.9 Å². The van der Waals surface area contributed by atoms with Crippen LogP contribution in [0.1, 0.15) is 188 Å². The molecule has 24 nitrogen and oxygen atoms in total. The number of aryl methyl sites for hydroxylation is 2. The molecular weight excluding hydrogens is 1490 g/mol. The van der Waals surface area contributed by atoms with Crippen LogP contribution in [0.2, 0.25) is 0 Å². The van der Waals surface area contributed by atoms with E-state index in [4.69, 9.17) is 14.2 Å². The van der Waals surface area contributed by atoms with Gasteiger partial charge in [-0.15, -0.1) is 0 Å². The number of fused-ring (bicyclic) bond motifs is 12. The number of aromatic carboxylic acids is 2. The maximum absolute atomic E-state index is 17.6. The van der Waals surface area contributed by atoms with E-state index in [-0.39, 0.29) is 112 Å². The first-order valence-electron chi connectivity index (χ1n) is 40.7. The fourth-order valence-corrected chi connectivity index (χ4v) is 24.1. The highest BCUT2D eigenvalue weighted by atomic mass is 19.2. The number of piperazine rings is 2. The van der Waals surface area contributed by atoms with Crippen molar-refractivity contribution in [2.75, 3.05) is 83.2 Å². The monoisotopic (exact) mass is 1600 g/mol. The molecule has 28 heteroatoms. The van der Waals surface area contributed by atoms with E-state index in [1.807, 2.05) is 44.6 Å². The SMILES string of the molecule is COc1c(N2CCN(COCC(=O)[C@@]3(O)[C@@H](C)C[C@H]4[C@@H]5CCC6=CC(=O)C=C[C@]6(C)[C@@]5(F)[C@@H](O)C[C@@]43C)C(C)C2)c(F)c(C)c2c(=O)c(C(=O)O)c(C)n(C3CC3)c12.COc1c(N2CCNC(C)C2)c(F)c(C)c2c(=O)c(C(=O)O)c(C)n(C3CC3)c12.C[C@H]1C[C@H]2[C@@H]3CCC4=CC(=O)C=C[C@]4(C)[C@@]3(F)[C@@H](O)C[C@]2(C)[C@@]1(O)C(=O)CO. The maximum atomic E-state index is 17.6. The van der Waals surface area contributed by atoms with E-state index in [9.17, 15) is 74.1 Å². The zero-order valence-electron chi connectivity index (χ0n) is 68.1. The van der Waals surface area contributed by atoms with Crippen molar-refractivity contribution >= 4 is 68.3 Å². The highest BCUT2D eigenvalue weighted by molar-refractivity contribution is 6.03. The number of carboxylic acid groups (broad SMARTS) is 2. The number of ketones is 4. The Balaban J connectivity index is 0.000000159. The molecular formula is C87H110F4N6O18. The highest BCUT2D eigenvalue weighted by Crippen LogP contribution is 2.73. The van der Waals surface area contributed by atoms with Crippen LogP contribution in [0.3, 0.4) is 0 Å². The zero-order valence-corrected chi connectivity index (χ0v) is 68.1. The number of Topliss-reactive ketones (excluding diaryl/α,β-unsaturated/α-hetero) is 2. The number of allylic oxidation sites excluding steroid dienone is 8. The van der Waals surface area contributed by atoms with Crippen LogP contribution in [0, 0.1) is 96.5 Å². The van der Waals surface area contributed by atoms with Crippen molar-refractivity contribution in [3.05, 3.63) is 113 Å². The van der Waals surface area contributed by atoms with Gasteiger partial charge in [0.25, 0.3) is 0 Å². The molecule has 0 bridgehead atoms. The molecule has 16 rings (SSSR count). The van der Waals surface area contributed by atoms with Gasteiger partial charge < -0.3 is 74.2 Å². The molecule has 2 aliphatic heterocycles. The van der Waals surface area contributed by atoms with Crippen LogP contribution >= 0.6 is 0 Å². The van der Waals surface area contributed by atoms with Gasteiger partial charge in [0, 0.05) is 119 Å². The van der Waals surface area contributed by atoms with Crippen LogP contribution < -0.4 is 35.4 Å². The molecule has 2 aromatic heterocycles. The molecule has 12 aliphatic rings. The zero-order chi connectivity index (χ0) is 83.7. The molecule has 18 atom stereocenters. The van der Waals surface area contributed by atoms with Gasteiger partial charge in [-0.1, -0.05) is 51.0 Å². The fraction of sp³-hybridized carbons (Fsp3) is 0.632. The van der Waals surface area contributed by atoms with Gasteiger partial charge in [0.05, 0.1) is 55.0 Å². The summed E-state index contributed by atoms with van der Waals surface area (Å²) < 4.78 is 87.8. The van der Waals surface area contributed by atoms with Crippen LogP contribution in [0.4, 0.5) is 28.9 Å². The summed E-state index contributed by atoms with van der Waals surface area (Å²) in [4.78, 5) is 107. The molecule has 0 amide bonds. The second-order valence-corrected chi connectivity index (χ2v) is 36.2. The van der Waals surface area contributed by atoms with E-state index >= 15 is 17.6 Å². The average Bonchev–Trinajstić information content (AvgIpc) is 1.61. The molecule has 10 fully saturated rings. The number of alkyl halides is 2. The summed E-state index contributed by atoms with van der Waals surface area (Å²) in [5, 5.41) is 79.1. The summed E-state index contributed by atoms with van der Waals surface area (Å²) in [5.41, 5.74) is -10.4. The number of aliphatic hydroxyl groups is 5. The predicted molar refractivity (Wildman–Crippen MR) is 421 cm³/mol. The smallest absolute Gasteiger partial charge is 0.341 e. The number of pyridine rings is 2. The van der Waals surface area contributed by atoms with E-state index in [1.54, 1.807) is 67.5 Å². The number of halogens is 4.